The third-order valence-electron chi connectivity index (χ3n) is 6.89. The van der Waals surface area contributed by atoms with Crippen LogP contribution in [0.15, 0.2) is 101 Å². The molecule has 7 heteroatoms. The van der Waals surface area contributed by atoms with Gasteiger partial charge in [0.2, 0.25) is 5.91 Å². The Morgan fingerprint density at radius 2 is 1.67 bits per heavy atom. The highest BCUT2D eigenvalue weighted by molar-refractivity contribution is 8.14. The average Bonchev–Trinajstić information content (AvgIpc) is 2.94. The summed E-state index contributed by atoms with van der Waals surface area (Å²) in [6.45, 7) is 4.07. The fourth-order valence-corrected chi connectivity index (χ4v) is 6.12. The van der Waals surface area contributed by atoms with Gasteiger partial charge in [0.25, 0.3) is 0 Å². The summed E-state index contributed by atoms with van der Waals surface area (Å²) in [6, 6.07) is 25.6. The van der Waals surface area contributed by atoms with Crippen LogP contribution in [0.1, 0.15) is 50.3 Å². The van der Waals surface area contributed by atoms with E-state index in [2.05, 4.69) is 11.4 Å². The van der Waals surface area contributed by atoms with Gasteiger partial charge < -0.3 is 10.2 Å². The van der Waals surface area contributed by atoms with Crippen molar-refractivity contribution in [3.63, 3.8) is 0 Å². The van der Waals surface area contributed by atoms with E-state index in [9.17, 15) is 4.79 Å². The Labute approximate surface area is 244 Å². The molecule has 1 atom stereocenters. The van der Waals surface area contributed by atoms with Crippen LogP contribution >= 0.6 is 35.0 Å². The van der Waals surface area contributed by atoms with Gasteiger partial charge in [0.15, 0.2) is 5.17 Å². The maximum atomic E-state index is 13.4. The number of para-hydroxylation sites is 1. The van der Waals surface area contributed by atoms with E-state index >= 15 is 0 Å². The van der Waals surface area contributed by atoms with Gasteiger partial charge in [-0.3, -0.25) is 4.79 Å². The number of hydrogen-bond acceptors (Lipinski definition) is 4. The number of carbonyl (C=O) groups excluding carboxylic acids is 1. The van der Waals surface area contributed by atoms with Gasteiger partial charge in [-0.2, -0.15) is 0 Å². The molecular formula is C32H31Cl2N3OS. The zero-order valence-electron chi connectivity index (χ0n) is 22.0. The molecular weight excluding hydrogens is 545 g/mol. The largest absolute Gasteiger partial charge is 0.335 e. The first-order valence-corrected chi connectivity index (χ1v) is 14.9. The molecule has 0 saturated carbocycles. The van der Waals surface area contributed by atoms with Crippen LogP contribution < -0.4 is 10.2 Å². The molecule has 0 bridgehead atoms. The molecule has 0 fully saturated rings. The molecule has 0 saturated heterocycles. The number of allylic oxidation sites excluding steroid dienone is 1. The number of carbonyl (C=O) groups is 1. The van der Waals surface area contributed by atoms with Crippen molar-refractivity contribution in [2.45, 2.75) is 45.2 Å². The summed E-state index contributed by atoms with van der Waals surface area (Å²) < 4.78 is 0. The van der Waals surface area contributed by atoms with Crippen molar-refractivity contribution in [3.8, 4) is 0 Å². The predicted molar refractivity (Wildman–Crippen MR) is 167 cm³/mol. The lowest BCUT2D eigenvalue weighted by Gasteiger charge is -2.33. The quantitative estimate of drug-likeness (QED) is 0.319. The second kappa shape index (κ2) is 12.5. The van der Waals surface area contributed by atoms with Crippen molar-refractivity contribution in [1.82, 2.24) is 5.32 Å². The zero-order chi connectivity index (χ0) is 27.4. The Morgan fingerprint density at radius 3 is 2.33 bits per heavy atom. The summed E-state index contributed by atoms with van der Waals surface area (Å²) in [7, 11) is 0. The van der Waals surface area contributed by atoms with Crippen LogP contribution in [0.5, 0.6) is 0 Å². The minimum absolute atomic E-state index is 0.0464. The molecule has 39 heavy (non-hydrogen) atoms. The molecule has 1 N–H and O–H groups in total. The van der Waals surface area contributed by atoms with Crippen molar-refractivity contribution in [2.24, 2.45) is 4.99 Å². The van der Waals surface area contributed by atoms with Crippen molar-refractivity contribution in [1.29, 1.82) is 0 Å². The van der Waals surface area contributed by atoms with Crippen molar-refractivity contribution in [2.75, 3.05) is 10.7 Å². The van der Waals surface area contributed by atoms with Crippen LogP contribution in [0.3, 0.4) is 0 Å². The molecule has 200 valence electrons. The first-order valence-electron chi connectivity index (χ1n) is 13.2. The smallest absolute Gasteiger partial charge is 0.237 e. The Kier molecular flexibility index (Phi) is 8.81. The fraction of sp³-hybridized carbons (Fsp3) is 0.250. The highest BCUT2D eigenvalue weighted by atomic mass is 35.5. The second-order valence-electron chi connectivity index (χ2n) is 9.97. The first-order chi connectivity index (χ1) is 18.9. The van der Waals surface area contributed by atoms with Crippen LogP contribution in [-0.4, -0.2) is 22.9 Å². The van der Waals surface area contributed by atoms with Gasteiger partial charge in [0.05, 0.1) is 5.75 Å². The molecule has 1 heterocycles. The molecule has 0 aromatic heterocycles. The third kappa shape index (κ3) is 6.60. The van der Waals surface area contributed by atoms with E-state index in [0.717, 1.165) is 52.0 Å². The van der Waals surface area contributed by atoms with Gasteiger partial charge in [-0.05, 0) is 97.9 Å². The Morgan fingerprint density at radius 1 is 1.00 bits per heavy atom. The highest BCUT2D eigenvalue weighted by Crippen LogP contribution is 2.42. The summed E-state index contributed by atoms with van der Waals surface area (Å²) in [4.78, 5) is 20.4. The monoisotopic (exact) mass is 575 g/mol. The van der Waals surface area contributed by atoms with E-state index in [1.165, 1.54) is 22.9 Å². The predicted octanol–water partition coefficient (Wildman–Crippen LogP) is 8.69. The topological polar surface area (TPSA) is 44.7 Å². The van der Waals surface area contributed by atoms with Crippen LogP contribution in [0, 0.1) is 0 Å². The minimum Gasteiger partial charge on any atom is -0.335 e. The molecule has 4 nitrogen and oxygen atoms in total. The van der Waals surface area contributed by atoms with Gasteiger partial charge in [-0.15, -0.1) is 0 Å². The SMILES string of the molecule is CC(C)N(C(=O)CSC1=NC(c2ccc(Cl)cc2)C2=C(N1)C(=Cc1ccc(Cl)cc1)CCC2)c1ccccc1. The Balaban J connectivity index is 1.44. The van der Waals surface area contributed by atoms with Gasteiger partial charge in [-0.1, -0.05) is 77.4 Å². The number of halogens is 2. The highest BCUT2D eigenvalue weighted by Gasteiger charge is 2.30. The van der Waals surface area contributed by atoms with E-state index in [1.54, 1.807) is 0 Å². The fourth-order valence-electron chi connectivity index (χ4n) is 5.11. The summed E-state index contributed by atoms with van der Waals surface area (Å²) in [5.41, 5.74) is 6.73. The number of nitrogens with zero attached hydrogens (tertiary/aromatic N) is 2. The van der Waals surface area contributed by atoms with E-state index in [0.29, 0.717) is 5.02 Å². The van der Waals surface area contributed by atoms with Gasteiger partial charge in [0.1, 0.15) is 6.04 Å². The Hall–Kier alpha value is -2.99. The molecule has 0 radical (unpaired) electrons. The maximum absolute atomic E-state index is 13.4. The number of nitrogens with one attached hydrogen (secondary N) is 1. The van der Waals surface area contributed by atoms with Crippen LogP contribution in [0.2, 0.25) is 10.0 Å². The summed E-state index contributed by atoms with van der Waals surface area (Å²) >= 11 is 13.8. The molecule has 1 unspecified atom stereocenters. The molecule has 3 aromatic carbocycles. The van der Waals surface area contributed by atoms with Gasteiger partial charge in [0, 0.05) is 27.5 Å². The number of amides is 1. The molecule has 2 aliphatic rings. The van der Waals surface area contributed by atoms with Gasteiger partial charge >= 0.3 is 0 Å². The molecule has 1 aliphatic carbocycles. The molecule has 1 aliphatic heterocycles. The lowest BCUT2D eigenvalue weighted by atomic mass is 9.84. The molecule has 0 spiro atoms. The first kappa shape index (κ1) is 27.6. The molecule has 3 aromatic rings. The second-order valence-corrected chi connectivity index (χ2v) is 11.8. The molecule has 5 rings (SSSR count). The number of hydrogen-bond donors (Lipinski definition) is 1. The normalized spacial score (nSPS) is 18.0. The number of anilines is 1. The number of rotatable bonds is 6. The van der Waals surface area contributed by atoms with E-state index < -0.39 is 0 Å². The van der Waals surface area contributed by atoms with Crippen molar-refractivity contribution >= 4 is 57.8 Å². The lowest BCUT2D eigenvalue weighted by molar-refractivity contribution is -0.116. The Bertz CT molecular complexity index is 1410. The van der Waals surface area contributed by atoms with Crippen molar-refractivity contribution < 1.29 is 4.79 Å². The number of amidine groups is 1. The van der Waals surface area contributed by atoms with E-state index in [-0.39, 0.29) is 23.7 Å². The van der Waals surface area contributed by atoms with Crippen LogP contribution in [-0.2, 0) is 4.79 Å². The lowest BCUT2D eigenvalue weighted by Crippen LogP contribution is -2.39. The minimum atomic E-state index is -0.125. The van der Waals surface area contributed by atoms with Crippen LogP contribution in [0.4, 0.5) is 5.69 Å². The van der Waals surface area contributed by atoms with Crippen LogP contribution in [0.25, 0.3) is 6.08 Å². The molecule has 1 amide bonds. The van der Waals surface area contributed by atoms with E-state index in [4.69, 9.17) is 28.2 Å². The summed E-state index contributed by atoms with van der Waals surface area (Å²) in [6.07, 6.45) is 5.21. The zero-order valence-corrected chi connectivity index (χ0v) is 24.4. The number of aliphatic imine (C=N–C) groups is 1. The van der Waals surface area contributed by atoms with Crippen molar-refractivity contribution in [3.05, 3.63) is 117 Å². The third-order valence-corrected chi connectivity index (χ3v) is 8.27. The van der Waals surface area contributed by atoms with Gasteiger partial charge in [-0.25, -0.2) is 4.99 Å². The number of benzene rings is 3. The van der Waals surface area contributed by atoms with E-state index in [1.807, 2.05) is 97.6 Å². The standard InChI is InChI=1S/C32H31Cl2N3OS/c1-21(2)37(27-8-4-3-5-9-27)29(38)20-39-32-35-30(23-13-17-26(34)18-14-23)28-10-6-7-24(31(28)36-32)19-22-11-15-25(33)16-12-22/h3-5,8-9,11-19,21,30H,6-7,10,20H2,1-2H3,(H,35,36). The summed E-state index contributed by atoms with van der Waals surface area (Å²) in [5, 5.41) is 5.79. The maximum Gasteiger partial charge on any atom is 0.237 e. The average molecular weight is 577 g/mol. The number of thioether (sulfide) groups is 1. The summed E-state index contributed by atoms with van der Waals surface area (Å²) in [5.74, 6) is 0.333.